The largest absolute Gasteiger partial charge is 0.459 e. The summed E-state index contributed by atoms with van der Waals surface area (Å²) in [6.07, 6.45) is 5.32. The Labute approximate surface area is 114 Å². The molecule has 2 aromatic rings. The molecule has 0 amide bonds. The van der Waals surface area contributed by atoms with Gasteiger partial charge in [0.1, 0.15) is 11.3 Å². The van der Waals surface area contributed by atoms with Crippen LogP contribution in [-0.2, 0) is 6.54 Å². The van der Waals surface area contributed by atoms with Crippen LogP contribution in [0.25, 0.3) is 11.0 Å². The van der Waals surface area contributed by atoms with Crippen molar-refractivity contribution >= 4 is 11.0 Å². The van der Waals surface area contributed by atoms with Gasteiger partial charge in [0, 0.05) is 17.0 Å². The van der Waals surface area contributed by atoms with Crippen LogP contribution < -0.4 is 5.32 Å². The van der Waals surface area contributed by atoms with Gasteiger partial charge in [-0.1, -0.05) is 12.1 Å². The van der Waals surface area contributed by atoms with Crippen LogP contribution in [0.1, 0.15) is 54.1 Å². The van der Waals surface area contributed by atoms with E-state index in [1.165, 1.54) is 53.5 Å². The summed E-state index contributed by atoms with van der Waals surface area (Å²) in [5.41, 5.74) is 5.25. The first-order chi connectivity index (χ1) is 9.24. The zero-order valence-corrected chi connectivity index (χ0v) is 11.8. The summed E-state index contributed by atoms with van der Waals surface area (Å²) in [4.78, 5) is 0. The van der Waals surface area contributed by atoms with E-state index in [1.54, 1.807) is 0 Å². The van der Waals surface area contributed by atoms with Crippen molar-refractivity contribution in [2.45, 2.75) is 58.0 Å². The van der Waals surface area contributed by atoms with Crippen molar-refractivity contribution in [2.24, 2.45) is 0 Å². The number of rotatable bonds is 4. The molecule has 1 N–H and O–H groups in total. The van der Waals surface area contributed by atoms with Crippen LogP contribution in [0.3, 0.4) is 0 Å². The number of benzene rings is 1. The second-order valence-corrected chi connectivity index (χ2v) is 6.27. The van der Waals surface area contributed by atoms with Gasteiger partial charge in [-0.2, -0.15) is 0 Å². The molecule has 19 heavy (non-hydrogen) atoms. The molecule has 2 aliphatic carbocycles. The molecule has 0 radical (unpaired) electrons. The Morgan fingerprint density at radius 2 is 1.84 bits per heavy atom. The smallest absolute Gasteiger partial charge is 0.137 e. The SMILES string of the molecule is Cc1ccc(C)c2c(C3CC3)c(CNC3CC3)oc12. The minimum Gasteiger partial charge on any atom is -0.459 e. The van der Waals surface area contributed by atoms with Gasteiger partial charge in [-0.15, -0.1) is 0 Å². The lowest BCUT2D eigenvalue weighted by atomic mass is 10.00. The molecule has 1 aromatic carbocycles. The van der Waals surface area contributed by atoms with Gasteiger partial charge < -0.3 is 9.73 Å². The van der Waals surface area contributed by atoms with Crippen molar-refractivity contribution in [3.8, 4) is 0 Å². The van der Waals surface area contributed by atoms with Crippen molar-refractivity contribution in [1.82, 2.24) is 5.32 Å². The van der Waals surface area contributed by atoms with Crippen molar-refractivity contribution in [2.75, 3.05) is 0 Å². The van der Waals surface area contributed by atoms with E-state index in [0.29, 0.717) is 0 Å². The number of aryl methyl sites for hydroxylation is 2. The van der Waals surface area contributed by atoms with Crippen LogP contribution in [0, 0.1) is 13.8 Å². The predicted molar refractivity (Wildman–Crippen MR) is 77.5 cm³/mol. The zero-order chi connectivity index (χ0) is 13.0. The van der Waals surface area contributed by atoms with Gasteiger partial charge in [0.05, 0.1) is 6.54 Å². The Morgan fingerprint density at radius 1 is 1.11 bits per heavy atom. The predicted octanol–water partition coefficient (Wildman–Crippen LogP) is 4.18. The molecule has 1 aromatic heterocycles. The van der Waals surface area contributed by atoms with E-state index in [1.807, 2.05) is 0 Å². The first-order valence-electron chi connectivity index (χ1n) is 7.49. The maximum atomic E-state index is 6.23. The summed E-state index contributed by atoms with van der Waals surface area (Å²) in [5, 5.41) is 5.00. The van der Waals surface area contributed by atoms with Gasteiger partial charge in [-0.25, -0.2) is 0 Å². The van der Waals surface area contributed by atoms with Gasteiger partial charge in [0.15, 0.2) is 0 Å². The fraction of sp³-hybridized carbons (Fsp3) is 0.529. The van der Waals surface area contributed by atoms with Gasteiger partial charge in [0.2, 0.25) is 0 Å². The highest BCUT2D eigenvalue weighted by molar-refractivity contribution is 5.89. The highest BCUT2D eigenvalue weighted by Gasteiger charge is 2.32. The third-order valence-corrected chi connectivity index (χ3v) is 4.47. The van der Waals surface area contributed by atoms with Gasteiger partial charge in [-0.05, 0) is 56.6 Å². The Morgan fingerprint density at radius 3 is 2.53 bits per heavy atom. The van der Waals surface area contributed by atoms with E-state index in [-0.39, 0.29) is 0 Å². The van der Waals surface area contributed by atoms with E-state index < -0.39 is 0 Å². The Hall–Kier alpha value is -1.28. The molecular weight excluding hydrogens is 234 g/mol. The molecule has 2 fully saturated rings. The monoisotopic (exact) mass is 255 g/mol. The number of furan rings is 1. The summed E-state index contributed by atoms with van der Waals surface area (Å²) in [6, 6.07) is 5.15. The molecule has 2 aliphatic rings. The Bertz CT molecular complexity index is 632. The highest BCUT2D eigenvalue weighted by atomic mass is 16.3. The maximum Gasteiger partial charge on any atom is 0.137 e. The molecule has 100 valence electrons. The van der Waals surface area contributed by atoms with E-state index in [2.05, 4.69) is 31.3 Å². The Balaban J connectivity index is 1.83. The van der Waals surface area contributed by atoms with Crippen molar-refractivity contribution in [1.29, 1.82) is 0 Å². The molecule has 0 saturated heterocycles. The lowest BCUT2D eigenvalue weighted by molar-refractivity contribution is 0.505. The molecule has 0 aliphatic heterocycles. The topological polar surface area (TPSA) is 25.2 Å². The van der Waals surface area contributed by atoms with Gasteiger partial charge in [0.25, 0.3) is 0 Å². The van der Waals surface area contributed by atoms with Crippen molar-refractivity contribution in [3.63, 3.8) is 0 Å². The molecule has 0 bridgehead atoms. The minimum atomic E-state index is 0.738. The highest BCUT2D eigenvalue weighted by Crippen LogP contribution is 2.47. The van der Waals surface area contributed by atoms with E-state index in [0.717, 1.165) is 24.1 Å². The van der Waals surface area contributed by atoms with Crippen molar-refractivity contribution < 1.29 is 4.42 Å². The van der Waals surface area contributed by atoms with Crippen LogP contribution >= 0.6 is 0 Å². The van der Waals surface area contributed by atoms with Crippen LogP contribution in [0.2, 0.25) is 0 Å². The number of nitrogens with one attached hydrogen (secondary N) is 1. The zero-order valence-electron chi connectivity index (χ0n) is 11.8. The quantitative estimate of drug-likeness (QED) is 0.886. The molecule has 2 saturated carbocycles. The first kappa shape index (κ1) is 11.5. The fourth-order valence-corrected chi connectivity index (χ4v) is 3.03. The summed E-state index contributed by atoms with van der Waals surface area (Å²) in [5.74, 6) is 1.94. The van der Waals surface area contributed by atoms with Crippen molar-refractivity contribution in [3.05, 3.63) is 34.6 Å². The summed E-state index contributed by atoms with van der Waals surface area (Å²) in [6.45, 7) is 5.27. The molecule has 2 heteroatoms. The number of fused-ring (bicyclic) bond motifs is 1. The first-order valence-corrected chi connectivity index (χ1v) is 7.49. The van der Waals surface area contributed by atoms with Crippen LogP contribution in [0.15, 0.2) is 16.5 Å². The molecular formula is C17H21NO. The van der Waals surface area contributed by atoms with E-state index in [9.17, 15) is 0 Å². The summed E-state index contributed by atoms with van der Waals surface area (Å²) < 4.78 is 6.23. The van der Waals surface area contributed by atoms with Crippen LogP contribution in [-0.4, -0.2) is 6.04 Å². The molecule has 2 nitrogen and oxygen atoms in total. The second kappa shape index (κ2) is 4.11. The second-order valence-electron chi connectivity index (χ2n) is 6.27. The third-order valence-electron chi connectivity index (χ3n) is 4.47. The number of hydrogen-bond donors (Lipinski definition) is 1. The lowest BCUT2D eigenvalue weighted by Crippen LogP contribution is -2.15. The fourth-order valence-electron chi connectivity index (χ4n) is 3.03. The lowest BCUT2D eigenvalue weighted by Gasteiger charge is -2.03. The van der Waals surface area contributed by atoms with Crippen LogP contribution in [0.4, 0.5) is 0 Å². The van der Waals surface area contributed by atoms with E-state index >= 15 is 0 Å². The van der Waals surface area contributed by atoms with Crippen LogP contribution in [0.5, 0.6) is 0 Å². The average Bonchev–Trinajstić information content (AvgIpc) is 3.30. The molecule has 0 atom stereocenters. The minimum absolute atomic E-state index is 0.738. The van der Waals surface area contributed by atoms with Gasteiger partial charge in [-0.3, -0.25) is 0 Å². The van der Waals surface area contributed by atoms with Gasteiger partial charge >= 0.3 is 0 Å². The average molecular weight is 255 g/mol. The summed E-state index contributed by atoms with van der Waals surface area (Å²) >= 11 is 0. The molecule has 0 spiro atoms. The maximum absolute atomic E-state index is 6.23. The normalized spacial score (nSPS) is 19.3. The Kier molecular flexibility index (Phi) is 2.49. The molecule has 1 heterocycles. The summed E-state index contributed by atoms with van der Waals surface area (Å²) in [7, 11) is 0. The standard InChI is InChI=1S/C17H21NO/c1-10-3-4-11(2)17-15(10)16(12-5-6-12)14(19-17)9-18-13-7-8-13/h3-4,12-13,18H,5-9H2,1-2H3. The molecule has 0 unspecified atom stereocenters. The molecule has 4 rings (SSSR count). The number of hydrogen-bond acceptors (Lipinski definition) is 2. The third kappa shape index (κ3) is 1.99. The van der Waals surface area contributed by atoms with E-state index in [4.69, 9.17) is 4.42 Å².